The summed E-state index contributed by atoms with van der Waals surface area (Å²) in [6.07, 6.45) is 4.43. The zero-order chi connectivity index (χ0) is 17.2. The fourth-order valence-corrected chi connectivity index (χ4v) is 3.72. The summed E-state index contributed by atoms with van der Waals surface area (Å²) >= 11 is 1.40. The standard InChI is InChI=1S/C19H17N3O2S/c1-2-8-22-9-7-14-11-13(5-6-16(14)22)15-12-25-19(20-15)21-18(23)17-4-3-10-24-17/h2-6,10-12H,1,7-9H2,(H,20,21,23). The van der Waals surface area contributed by atoms with E-state index < -0.39 is 0 Å². The van der Waals surface area contributed by atoms with Crippen molar-refractivity contribution in [3.63, 3.8) is 0 Å². The summed E-state index contributed by atoms with van der Waals surface area (Å²) in [5.41, 5.74) is 4.53. The quantitative estimate of drug-likeness (QED) is 0.700. The molecule has 3 heterocycles. The second kappa shape index (κ2) is 6.57. The number of aromatic nitrogens is 1. The van der Waals surface area contributed by atoms with Crippen LogP contribution >= 0.6 is 11.3 Å². The smallest absolute Gasteiger partial charge is 0.293 e. The number of carbonyl (C=O) groups is 1. The maximum absolute atomic E-state index is 12.0. The molecule has 5 nitrogen and oxygen atoms in total. The van der Waals surface area contributed by atoms with E-state index in [9.17, 15) is 4.79 Å². The van der Waals surface area contributed by atoms with Gasteiger partial charge in [-0.3, -0.25) is 10.1 Å². The maximum atomic E-state index is 12.0. The van der Waals surface area contributed by atoms with Gasteiger partial charge in [0.15, 0.2) is 10.9 Å². The van der Waals surface area contributed by atoms with Gasteiger partial charge in [-0.05, 0) is 36.2 Å². The Labute approximate surface area is 149 Å². The average Bonchev–Trinajstić information content (AvgIpc) is 3.36. The van der Waals surface area contributed by atoms with Gasteiger partial charge in [-0.2, -0.15) is 0 Å². The van der Waals surface area contributed by atoms with Gasteiger partial charge in [0, 0.05) is 29.7 Å². The Kier molecular flexibility index (Phi) is 4.11. The molecule has 0 spiro atoms. The highest BCUT2D eigenvalue weighted by atomic mass is 32.1. The highest BCUT2D eigenvalue weighted by Gasteiger charge is 2.19. The minimum Gasteiger partial charge on any atom is -0.459 e. The molecule has 0 saturated carbocycles. The Hall–Kier alpha value is -2.86. The first-order valence-corrected chi connectivity index (χ1v) is 8.92. The molecule has 0 unspecified atom stereocenters. The van der Waals surface area contributed by atoms with E-state index in [2.05, 4.69) is 40.0 Å². The molecule has 4 rings (SSSR count). The number of furan rings is 1. The van der Waals surface area contributed by atoms with Gasteiger partial charge in [0.05, 0.1) is 12.0 Å². The summed E-state index contributed by atoms with van der Waals surface area (Å²) < 4.78 is 5.09. The largest absolute Gasteiger partial charge is 0.459 e. The number of thiazole rings is 1. The molecule has 126 valence electrons. The predicted molar refractivity (Wildman–Crippen MR) is 100 cm³/mol. The normalized spacial score (nSPS) is 12.9. The third-order valence-corrected chi connectivity index (χ3v) is 4.94. The van der Waals surface area contributed by atoms with Crippen LogP contribution in [0.1, 0.15) is 16.1 Å². The van der Waals surface area contributed by atoms with E-state index in [4.69, 9.17) is 4.42 Å². The van der Waals surface area contributed by atoms with Crippen LogP contribution in [-0.2, 0) is 6.42 Å². The van der Waals surface area contributed by atoms with Gasteiger partial charge in [0.25, 0.3) is 5.91 Å². The van der Waals surface area contributed by atoms with E-state index in [-0.39, 0.29) is 11.7 Å². The van der Waals surface area contributed by atoms with Crippen molar-refractivity contribution >= 4 is 28.1 Å². The van der Waals surface area contributed by atoms with E-state index in [0.29, 0.717) is 5.13 Å². The van der Waals surface area contributed by atoms with E-state index in [1.807, 2.05) is 11.5 Å². The highest BCUT2D eigenvalue weighted by molar-refractivity contribution is 7.14. The van der Waals surface area contributed by atoms with Crippen LogP contribution in [0.25, 0.3) is 11.3 Å². The fraction of sp³-hybridized carbons (Fsp3) is 0.158. The summed E-state index contributed by atoms with van der Waals surface area (Å²) in [6, 6.07) is 9.71. The molecule has 1 aliphatic heterocycles. The molecule has 6 heteroatoms. The van der Waals surface area contributed by atoms with Crippen molar-refractivity contribution in [1.82, 2.24) is 4.98 Å². The maximum Gasteiger partial charge on any atom is 0.293 e. The molecule has 0 atom stereocenters. The van der Waals surface area contributed by atoms with E-state index in [1.165, 1.54) is 28.9 Å². The van der Waals surface area contributed by atoms with Gasteiger partial charge in [0.2, 0.25) is 0 Å². The monoisotopic (exact) mass is 351 g/mol. The second-order valence-corrected chi connectivity index (χ2v) is 6.66. The summed E-state index contributed by atoms with van der Waals surface area (Å²) in [5.74, 6) is -0.0171. The van der Waals surface area contributed by atoms with Crippen molar-refractivity contribution in [1.29, 1.82) is 0 Å². The number of amides is 1. The van der Waals surface area contributed by atoms with Gasteiger partial charge >= 0.3 is 0 Å². The molecule has 0 saturated heterocycles. The molecule has 0 bridgehead atoms. The van der Waals surface area contributed by atoms with Crippen LogP contribution in [-0.4, -0.2) is 24.0 Å². The number of carbonyl (C=O) groups excluding carboxylic acids is 1. The Morgan fingerprint density at radius 2 is 2.36 bits per heavy atom. The molecule has 1 aliphatic rings. The fourth-order valence-electron chi connectivity index (χ4n) is 3.01. The number of rotatable bonds is 5. The summed E-state index contributed by atoms with van der Waals surface area (Å²) in [6.45, 7) is 5.70. The molecule has 1 amide bonds. The van der Waals surface area contributed by atoms with Crippen molar-refractivity contribution in [3.05, 3.63) is 66.0 Å². The Morgan fingerprint density at radius 1 is 1.44 bits per heavy atom. The number of hydrogen-bond acceptors (Lipinski definition) is 5. The van der Waals surface area contributed by atoms with Gasteiger partial charge < -0.3 is 9.32 Å². The number of hydrogen-bond donors (Lipinski definition) is 1. The van der Waals surface area contributed by atoms with Gasteiger partial charge in [-0.25, -0.2) is 4.98 Å². The zero-order valence-corrected chi connectivity index (χ0v) is 14.4. The van der Waals surface area contributed by atoms with Crippen molar-refractivity contribution < 1.29 is 9.21 Å². The number of nitrogens with zero attached hydrogens (tertiary/aromatic N) is 2. The minimum absolute atomic E-state index is 0.275. The van der Waals surface area contributed by atoms with Gasteiger partial charge in [-0.15, -0.1) is 17.9 Å². The molecule has 1 aromatic carbocycles. The van der Waals surface area contributed by atoms with Crippen molar-refractivity contribution in [2.75, 3.05) is 23.3 Å². The molecular formula is C19H17N3O2S. The lowest BCUT2D eigenvalue weighted by Gasteiger charge is -2.16. The van der Waals surface area contributed by atoms with Gasteiger partial charge in [0.1, 0.15) is 0 Å². The molecule has 0 radical (unpaired) electrons. The number of fused-ring (bicyclic) bond motifs is 1. The lowest BCUT2D eigenvalue weighted by molar-refractivity contribution is 0.0996. The summed E-state index contributed by atoms with van der Waals surface area (Å²) in [4.78, 5) is 18.9. The lowest BCUT2D eigenvalue weighted by atomic mass is 10.1. The predicted octanol–water partition coefficient (Wildman–Crippen LogP) is 4.20. The van der Waals surface area contributed by atoms with Crippen LogP contribution in [0.4, 0.5) is 10.8 Å². The van der Waals surface area contributed by atoms with Gasteiger partial charge in [-0.1, -0.05) is 12.1 Å². The topological polar surface area (TPSA) is 58.4 Å². The summed E-state index contributed by atoms with van der Waals surface area (Å²) in [5, 5.41) is 5.28. The lowest BCUT2D eigenvalue weighted by Crippen LogP contribution is -2.19. The molecule has 1 N–H and O–H groups in total. The third-order valence-electron chi connectivity index (χ3n) is 4.19. The number of anilines is 2. The van der Waals surface area contributed by atoms with Crippen molar-refractivity contribution in [2.45, 2.75) is 6.42 Å². The SMILES string of the molecule is C=CCN1CCc2cc(-c3csc(NC(=O)c4ccco4)n3)ccc21. The first-order valence-electron chi connectivity index (χ1n) is 8.04. The molecule has 2 aromatic heterocycles. The van der Waals surface area contributed by atoms with Crippen LogP contribution in [0.3, 0.4) is 0 Å². The highest BCUT2D eigenvalue weighted by Crippen LogP contribution is 2.33. The number of nitrogens with one attached hydrogen (secondary N) is 1. The summed E-state index contributed by atoms with van der Waals surface area (Å²) in [7, 11) is 0. The van der Waals surface area contributed by atoms with Crippen molar-refractivity contribution in [2.24, 2.45) is 0 Å². The van der Waals surface area contributed by atoms with E-state index in [1.54, 1.807) is 12.1 Å². The minimum atomic E-state index is -0.292. The Bertz CT molecular complexity index is 915. The Balaban J connectivity index is 1.53. The van der Waals surface area contributed by atoms with Crippen molar-refractivity contribution in [3.8, 4) is 11.3 Å². The average molecular weight is 351 g/mol. The van der Waals surface area contributed by atoms with E-state index >= 15 is 0 Å². The first-order chi connectivity index (χ1) is 12.2. The van der Waals surface area contributed by atoms with E-state index in [0.717, 1.165) is 30.8 Å². The Morgan fingerprint density at radius 3 is 3.16 bits per heavy atom. The first kappa shape index (κ1) is 15.7. The molecule has 3 aromatic rings. The molecule has 25 heavy (non-hydrogen) atoms. The number of benzene rings is 1. The van der Waals surface area contributed by atoms with Crippen LogP contribution in [0.2, 0.25) is 0 Å². The third kappa shape index (κ3) is 3.08. The molecule has 0 aliphatic carbocycles. The molecule has 0 fully saturated rings. The van der Waals surface area contributed by atoms with Crippen LogP contribution in [0.15, 0.2) is 59.0 Å². The zero-order valence-electron chi connectivity index (χ0n) is 13.6. The van der Waals surface area contributed by atoms with Crippen LogP contribution < -0.4 is 10.2 Å². The second-order valence-electron chi connectivity index (χ2n) is 5.80. The van der Waals surface area contributed by atoms with Crippen LogP contribution in [0.5, 0.6) is 0 Å². The van der Waals surface area contributed by atoms with Crippen LogP contribution in [0, 0.1) is 0 Å². The molecular weight excluding hydrogens is 334 g/mol.